The Bertz CT molecular complexity index is 610. The number of likely N-dealkylation sites (tertiary alicyclic amines) is 1. The maximum absolute atomic E-state index is 12.4. The molecular formula is C16H21N3O2S. The second kappa shape index (κ2) is 7.07. The lowest BCUT2D eigenvalue weighted by atomic mass is 10.0. The third-order valence-electron chi connectivity index (χ3n) is 3.94. The minimum Gasteiger partial charge on any atom is -0.383 e. The first-order valence-corrected chi connectivity index (χ1v) is 8.50. The molecule has 0 aliphatic carbocycles. The van der Waals surface area contributed by atoms with Gasteiger partial charge in [0.2, 0.25) is 0 Å². The zero-order valence-corrected chi connectivity index (χ0v) is 13.6. The van der Waals surface area contributed by atoms with Crippen LogP contribution < -0.4 is 5.32 Å². The summed E-state index contributed by atoms with van der Waals surface area (Å²) in [5, 5.41) is 3.97. The molecule has 0 unspecified atom stereocenters. The molecule has 6 heteroatoms. The molecule has 22 heavy (non-hydrogen) atoms. The standard InChI is InChI=1S/C16H21N3O2S/c1-21-11-9-17-16(20)19-10-5-4-7-13(19)15-18-12-6-2-3-8-14(12)22-15/h2-3,6,8,13H,4-5,7,9-11H2,1H3,(H,17,20)/t13-/m0/s1. The summed E-state index contributed by atoms with van der Waals surface area (Å²) < 4.78 is 6.17. The molecule has 1 aliphatic heterocycles. The molecule has 0 saturated carbocycles. The van der Waals surface area contributed by atoms with Crippen LogP contribution in [0.5, 0.6) is 0 Å². The Hall–Kier alpha value is -1.66. The van der Waals surface area contributed by atoms with E-state index in [1.54, 1.807) is 18.4 Å². The number of thiazole rings is 1. The largest absolute Gasteiger partial charge is 0.383 e. The number of benzene rings is 1. The second-order valence-corrected chi connectivity index (χ2v) is 6.51. The van der Waals surface area contributed by atoms with Gasteiger partial charge in [-0.2, -0.15) is 0 Å². The Kier molecular flexibility index (Phi) is 4.90. The lowest BCUT2D eigenvalue weighted by Crippen LogP contribution is -2.45. The number of hydrogen-bond donors (Lipinski definition) is 1. The number of fused-ring (bicyclic) bond motifs is 1. The van der Waals surface area contributed by atoms with Crippen LogP contribution in [-0.4, -0.2) is 42.7 Å². The average Bonchev–Trinajstić information content (AvgIpc) is 2.99. The van der Waals surface area contributed by atoms with Crippen molar-refractivity contribution in [3.63, 3.8) is 0 Å². The number of ether oxygens (including phenoxy) is 1. The number of carbonyl (C=O) groups is 1. The monoisotopic (exact) mass is 319 g/mol. The van der Waals surface area contributed by atoms with Crippen LogP contribution in [0, 0.1) is 0 Å². The minimum absolute atomic E-state index is 0.0130. The van der Waals surface area contributed by atoms with E-state index in [0.29, 0.717) is 13.2 Å². The lowest BCUT2D eigenvalue weighted by molar-refractivity contribution is 0.145. The highest BCUT2D eigenvalue weighted by atomic mass is 32.1. The van der Waals surface area contributed by atoms with E-state index in [0.717, 1.165) is 36.3 Å². The maximum Gasteiger partial charge on any atom is 0.318 e. The van der Waals surface area contributed by atoms with Crippen LogP contribution in [0.1, 0.15) is 30.3 Å². The van der Waals surface area contributed by atoms with Crippen LogP contribution in [0.25, 0.3) is 10.2 Å². The number of aromatic nitrogens is 1. The van der Waals surface area contributed by atoms with Gasteiger partial charge in [-0.3, -0.25) is 0 Å². The molecule has 1 fully saturated rings. The van der Waals surface area contributed by atoms with Crippen molar-refractivity contribution >= 4 is 27.6 Å². The van der Waals surface area contributed by atoms with Crippen molar-refractivity contribution in [3.8, 4) is 0 Å². The molecule has 1 aliphatic rings. The van der Waals surface area contributed by atoms with Gasteiger partial charge in [-0.1, -0.05) is 12.1 Å². The Morgan fingerprint density at radius 3 is 3.14 bits per heavy atom. The van der Waals surface area contributed by atoms with Gasteiger partial charge in [-0.05, 0) is 31.4 Å². The number of carbonyl (C=O) groups excluding carboxylic acids is 1. The molecule has 1 N–H and O–H groups in total. The number of para-hydroxylation sites is 1. The van der Waals surface area contributed by atoms with Gasteiger partial charge in [-0.15, -0.1) is 11.3 Å². The van der Waals surface area contributed by atoms with Gasteiger partial charge < -0.3 is 15.0 Å². The third kappa shape index (κ3) is 3.23. The first-order chi connectivity index (χ1) is 10.8. The fourth-order valence-corrected chi connectivity index (χ4v) is 3.94. The summed E-state index contributed by atoms with van der Waals surface area (Å²) >= 11 is 1.70. The maximum atomic E-state index is 12.4. The average molecular weight is 319 g/mol. The van der Waals surface area contributed by atoms with Crippen molar-refractivity contribution in [1.82, 2.24) is 15.2 Å². The van der Waals surface area contributed by atoms with E-state index < -0.39 is 0 Å². The van der Waals surface area contributed by atoms with Crippen LogP contribution in [0.3, 0.4) is 0 Å². The van der Waals surface area contributed by atoms with Crippen molar-refractivity contribution in [2.75, 3.05) is 26.8 Å². The number of piperidine rings is 1. The number of amides is 2. The molecule has 2 aromatic rings. The van der Waals surface area contributed by atoms with Gasteiger partial charge in [-0.25, -0.2) is 9.78 Å². The van der Waals surface area contributed by atoms with Crippen LogP contribution in [-0.2, 0) is 4.74 Å². The molecule has 0 radical (unpaired) electrons. The Morgan fingerprint density at radius 2 is 2.32 bits per heavy atom. The number of hydrogen-bond acceptors (Lipinski definition) is 4. The molecule has 5 nitrogen and oxygen atoms in total. The van der Waals surface area contributed by atoms with Gasteiger partial charge in [0.25, 0.3) is 0 Å². The summed E-state index contributed by atoms with van der Waals surface area (Å²) in [6.07, 6.45) is 3.18. The summed E-state index contributed by atoms with van der Waals surface area (Å²) in [4.78, 5) is 19.1. The molecule has 2 amide bonds. The van der Waals surface area contributed by atoms with Crippen molar-refractivity contribution < 1.29 is 9.53 Å². The Labute approximate surface area is 134 Å². The second-order valence-electron chi connectivity index (χ2n) is 5.45. The topological polar surface area (TPSA) is 54.5 Å². The Morgan fingerprint density at radius 1 is 1.45 bits per heavy atom. The van der Waals surface area contributed by atoms with Crippen molar-refractivity contribution in [1.29, 1.82) is 0 Å². The van der Waals surface area contributed by atoms with Gasteiger partial charge in [0.1, 0.15) is 5.01 Å². The number of rotatable bonds is 4. The van der Waals surface area contributed by atoms with Gasteiger partial charge in [0.15, 0.2) is 0 Å². The van der Waals surface area contributed by atoms with Crippen molar-refractivity contribution in [3.05, 3.63) is 29.3 Å². The molecule has 118 valence electrons. The first-order valence-electron chi connectivity index (χ1n) is 7.68. The molecule has 1 saturated heterocycles. The third-order valence-corrected chi connectivity index (χ3v) is 5.08. The Balaban J connectivity index is 1.78. The molecule has 0 spiro atoms. The number of methoxy groups -OCH3 is 1. The summed E-state index contributed by atoms with van der Waals surface area (Å²) in [7, 11) is 1.64. The molecule has 0 bridgehead atoms. The quantitative estimate of drug-likeness (QED) is 0.881. The van der Waals surface area contributed by atoms with Crippen LogP contribution in [0.4, 0.5) is 4.79 Å². The molecule has 3 rings (SSSR count). The van der Waals surface area contributed by atoms with Crippen LogP contribution in [0.15, 0.2) is 24.3 Å². The lowest BCUT2D eigenvalue weighted by Gasteiger charge is -2.34. The number of nitrogens with zero attached hydrogens (tertiary/aromatic N) is 2. The van der Waals surface area contributed by atoms with E-state index in [-0.39, 0.29) is 12.1 Å². The fraction of sp³-hybridized carbons (Fsp3) is 0.500. The summed E-state index contributed by atoms with van der Waals surface area (Å²) in [5.41, 5.74) is 1.02. The summed E-state index contributed by atoms with van der Waals surface area (Å²) in [6.45, 7) is 1.86. The van der Waals surface area contributed by atoms with E-state index in [2.05, 4.69) is 11.4 Å². The predicted molar refractivity (Wildman–Crippen MR) is 88.2 cm³/mol. The zero-order valence-electron chi connectivity index (χ0n) is 12.7. The van der Waals surface area contributed by atoms with E-state index in [1.807, 2.05) is 23.1 Å². The van der Waals surface area contributed by atoms with E-state index in [4.69, 9.17) is 9.72 Å². The van der Waals surface area contributed by atoms with Crippen molar-refractivity contribution in [2.45, 2.75) is 25.3 Å². The molecule has 1 atom stereocenters. The molecule has 1 aromatic heterocycles. The summed E-state index contributed by atoms with van der Waals surface area (Å²) in [6, 6.07) is 8.22. The van der Waals surface area contributed by atoms with Gasteiger partial charge in [0, 0.05) is 20.2 Å². The highest BCUT2D eigenvalue weighted by molar-refractivity contribution is 7.18. The fourth-order valence-electron chi connectivity index (χ4n) is 2.83. The molecule has 1 aromatic carbocycles. The first kappa shape index (κ1) is 15.2. The summed E-state index contributed by atoms with van der Waals surface area (Å²) in [5.74, 6) is 0. The number of urea groups is 1. The molecular weight excluding hydrogens is 298 g/mol. The van der Waals surface area contributed by atoms with E-state index >= 15 is 0 Å². The number of nitrogens with one attached hydrogen (secondary N) is 1. The highest BCUT2D eigenvalue weighted by Crippen LogP contribution is 2.35. The van der Waals surface area contributed by atoms with E-state index in [9.17, 15) is 4.79 Å². The van der Waals surface area contributed by atoms with Crippen LogP contribution >= 0.6 is 11.3 Å². The van der Waals surface area contributed by atoms with Gasteiger partial charge in [0.05, 0.1) is 22.9 Å². The molecule has 2 heterocycles. The van der Waals surface area contributed by atoms with E-state index in [1.165, 1.54) is 4.70 Å². The van der Waals surface area contributed by atoms with Crippen LogP contribution in [0.2, 0.25) is 0 Å². The predicted octanol–water partition coefficient (Wildman–Crippen LogP) is 3.18. The smallest absolute Gasteiger partial charge is 0.318 e. The zero-order chi connectivity index (χ0) is 15.4. The minimum atomic E-state index is -0.0130. The van der Waals surface area contributed by atoms with Crippen molar-refractivity contribution in [2.24, 2.45) is 0 Å². The SMILES string of the molecule is COCCNC(=O)N1CCCC[C@H]1c1nc2ccccc2s1. The van der Waals surface area contributed by atoms with Gasteiger partial charge >= 0.3 is 6.03 Å². The highest BCUT2D eigenvalue weighted by Gasteiger charge is 2.30. The normalized spacial score (nSPS) is 18.6.